The van der Waals surface area contributed by atoms with Gasteiger partial charge in [0.05, 0.1) is 35.2 Å². The summed E-state index contributed by atoms with van der Waals surface area (Å²) in [6.45, 7) is 3.36. The van der Waals surface area contributed by atoms with Gasteiger partial charge >= 0.3 is 0 Å². The van der Waals surface area contributed by atoms with E-state index in [9.17, 15) is 17.6 Å². The number of nitrogens with one attached hydrogen (secondary N) is 1. The summed E-state index contributed by atoms with van der Waals surface area (Å²) in [6, 6.07) is 19.6. The molecule has 2 atom stereocenters. The number of carbonyl (C=O) groups is 1. The first-order chi connectivity index (χ1) is 17.7. The minimum absolute atomic E-state index is 0.0439. The van der Waals surface area contributed by atoms with Crippen molar-refractivity contribution in [3.05, 3.63) is 90.4 Å². The Labute approximate surface area is 215 Å². The van der Waals surface area contributed by atoms with Crippen molar-refractivity contribution in [2.45, 2.75) is 43.5 Å². The molecule has 37 heavy (non-hydrogen) atoms. The van der Waals surface area contributed by atoms with E-state index in [0.717, 1.165) is 29.3 Å². The normalized spacial score (nSPS) is 22.3. The lowest BCUT2D eigenvalue weighted by molar-refractivity contribution is -0.123. The van der Waals surface area contributed by atoms with Gasteiger partial charge in [-0.1, -0.05) is 30.3 Å². The predicted octanol–water partition coefficient (Wildman–Crippen LogP) is 4.73. The second-order valence-corrected chi connectivity index (χ2v) is 12.7. The van der Waals surface area contributed by atoms with Crippen LogP contribution in [0.2, 0.25) is 0 Å². The molecular formula is C28H27FN4O3S. The molecule has 0 bridgehead atoms. The fourth-order valence-corrected chi connectivity index (χ4v) is 7.12. The van der Waals surface area contributed by atoms with Crippen molar-refractivity contribution in [3.8, 4) is 5.69 Å². The third-order valence-corrected chi connectivity index (χ3v) is 10.0. The minimum Gasteiger partial charge on any atom is -0.349 e. The first kappa shape index (κ1) is 23.7. The molecule has 1 aliphatic heterocycles. The Bertz CT molecular complexity index is 1600. The summed E-state index contributed by atoms with van der Waals surface area (Å²) in [6.07, 6.45) is 3.33. The first-order valence-corrected chi connectivity index (χ1v) is 13.8. The Morgan fingerprint density at radius 1 is 1.00 bits per heavy atom. The topological polar surface area (TPSA) is 84.3 Å². The summed E-state index contributed by atoms with van der Waals surface area (Å²) in [7, 11) is -3.88. The lowest BCUT2D eigenvalue weighted by atomic mass is 9.90. The van der Waals surface area contributed by atoms with Crippen LogP contribution < -0.4 is 9.62 Å². The number of halogens is 1. The number of aromatic nitrogens is 2. The lowest BCUT2D eigenvalue weighted by Gasteiger charge is -2.29. The zero-order chi connectivity index (χ0) is 25.9. The quantitative estimate of drug-likeness (QED) is 0.414. The van der Waals surface area contributed by atoms with E-state index in [4.69, 9.17) is 0 Å². The zero-order valence-electron chi connectivity index (χ0n) is 20.5. The van der Waals surface area contributed by atoms with E-state index in [0.29, 0.717) is 11.4 Å². The van der Waals surface area contributed by atoms with Crippen molar-refractivity contribution in [1.29, 1.82) is 0 Å². The molecule has 2 fully saturated rings. The van der Waals surface area contributed by atoms with Crippen LogP contribution in [-0.2, 0) is 14.8 Å². The van der Waals surface area contributed by atoms with E-state index < -0.39 is 26.9 Å². The summed E-state index contributed by atoms with van der Waals surface area (Å²) < 4.78 is 43.5. The smallest absolute Gasteiger partial charge is 0.243 e. The molecule has 9 heteroatoms. The van der Waals surface area contributed by atoms with Gasteiger partial charge in [0.2, 0.25) is 15.9 Å². The second-order valence-electron chi connectivity index (χ2n) is 10.3. The molecule has 7 nitrogen and oxygen atoms in total. The zero-order valence-corrected chi connectivity index (χ0v) is 21.3. The van der Waals surface area contributed by atoms with E-state index >= 15 is 0 Å². The van der Waals surface area contributed by atoms with E-state index in [1.54, 1.807) is 49.0 Å². The van der Waals surface area contributed by atoms with Gasteiger partial charge in [-0.05, 0) is 74.7 Å². The molecule has 0 unspecified atom stereocenters. The van der Waals surface area contributed by atoms with Crippen LogP contribution in [0.3, 0.4) is 0 Å². The molecule has 190 valence electrons. The Hall–Kier alpha value is -3.72. The highest BCUT2D eigenvalue weighted by Crippen LogP contribution is 2.48. The molecule has 0 radical (unpaired) electrons. The molecular weight excluding hydrogens is 491 g/mol. The third-order valence-electron chi connectivity index (χ3n) is 7.51. The summed E-state index contributed by atoms with van der Waals surface area (Å²) in [5, 5.41) is 8.29. The summed E-state index contributed by atoms with van der Waals surface area (Å²) in [5.74, 6) is -0.468. The van der Waals surface area contributed by atoms with Crippen LogP contribution in [0.4, 0.5) is 10.1 Å². The van der Waals surface area contributed by atoms with Crippen molar-refractivity contribution in [2.24, 2.45) is 5.92 Å². The molecule has 1 amide bonds. The Morgan fingerprint density at radius 3 is 2.35 bits per heavy atom. The molecule has 0 spiro atoms. The number of anilines is 1. The van der Waals surface area contributed by atoms with E-state index in [1.165, 1.54) is 16.4 Å². The van der Waals surface area contributed by atoms with Gasteiger partial charge in [-0.3, -0.25) is 9.10 Å². The molecule has 4 aromatic rings. The molecule has 1 N–H and O–H groups in total. The van der Waals surface area contributed by atoms with Crippen LogP contribution in [0.1, 0.15) is 38.3 Å². The monoisotopic (exact) mass is 518 g/mol. The van der Waals surface area contributed by atoms with E-state index in [-0.39, 0.29) is 17.6 Å². The maximum atomic E-state index is 14.1. The Morgan fingerprint density at radius 2 is 1.68 bits per heavy atom. The fourth-order valence-electron chi connectivity index (χ4n) is 5.17. The van der Waals surface area contributed by atoms with E-state index in [1.807, 2.05) is 36.4 Å². The maximum absolute atomic E-state index is 14.1. The standard InChI is InChI=1S/C28H27FN4O3S/c1-28(2)26(31-27(34)19-8-9-19)25(18-6-4-3-5-7-18)33(37(28,35)36)23-14-15-24-20(16-23)17-30-32(24)22-12-10-21(29)11-13-22/h3-7,10-17,19,25-26H,8-9H2,1-2H3,(H,31,34)/t25-,26-/m1/s1. The van der Waals surface area contributed by atoms with Gasteiger partial charge < -0.3 is 5.32 Å². The average Bonchev–Trinajstić information content (AvgIpc) is 3.63. The Balaban J connectivity index is 1.47. The summed E-state index contributed by atoms with van der Waals surface area (Å²) in [5.41, 5.74) is 2.77. The van der Waals surface area contributed by atoms with Crippen molar-refractivity contribution < 1.29 is 17.6 Å². The largest absolute Gasteiger partial charge is 0.349 e. The van der Waals surface area contributed by atoms with Gasteiger partial charge in [0.15, 0.2) is 0 Å². The highest BCUT2D eigenvalue weighted by atomic mass is 32.2. The molecule has 1 aliphatic carbocycles. The number of hydrogen-bond donors (Lipinski definition) is 1. The molecule has 2 heterocycles. The van der Waals surface area contributed by atoms with Gasteiger partial charge in [-0.15, -0.1) is 0 Å². The second kappa shape index (κ2) is 8.41. The SMILES string of the molecule is CC1(C)[C@H](NC(=O)C2CC2)[C@@H](c2ccccc2)N(c2ccc3c(cnn3-c3ccc(F)cc3)c2)S1(=O)=O. The number of carbonyl (C=O) groups excluding carboxylic acids is 1. The van der Waals surface area contributed by atoms with Crippen LogP contribution in [0.5, 0.6) is 0 Å². The summed E-state index contributed by atoms with van der Waals surface area (Å²) >= 11 is 0. The first-order valence-electron chi connectivity index (χ1n) is 12.3. The molecule has 1 saturated carbocycles. The van der Waals surface area contributed by atoms with Crippen molar-refractivity contribution in [1.82, 2.24) is 15.1 Å². The number of fused-ring (bicyclic) bond motifs is 1. The molecule has 1 saturated heterocycles. The third kappa shape index (κ3) is 3.80. The van der Waals surface area contributed by atoms with Gasteiger partial charge in [0, 0.05) is 11.3 Å². The van der Waals surface area contributed by atoms with Crippen molar-refractivity contribution in [3.63, 3.8) is 0 Å². The fraction of sp³-hybridized carbons (Fsp3) is 0.286. The molecule has 2 aliphatic rings. The number of amides is 1. The number of rotatable bonds is 5. The number of benzene rings is 3. The van der Waals surface area contributed by atoms with Gasteiger partial charge in [-0.25, -0.2) is 17.5 Å². The van der Waals surface area contributed by atoms with Crippen molar-refractivity contribution >= 4 is 32.5 Å². The number of nitrogens with zero attached hydrogens (tertiary/aromatic N) is 3. The lowest BCUT2D eigenvalue weighted by Crippen LogP contribution is -2.50. The summed E-state index contributed by atoms with van der Waals surface area (Å²) in [4.78, 5) is 12.9. The number of sulfonamides is 1. The van der Waals surface area contributed by atoms with Gasteiger partial charge in [0.1, 0.15) is 10.6 Å². The van der Waals surface area contributed by atoms with Crippen LogP contribution in [0.25, 0.3) is 16.6 Å². The minimum atomic E-state index is -3.88. The molecule has 6 rings (SSSR count). The van der Waals surface area contributed by atoms with Crippen LogP contribution in [-0.4, -0.2) is 34.9 Å². The average molecular weight is 519 g/mol. The van der Waals surface area contributed by atoms with Gasteiger partial charge in [-0.2, -0.15) is 5.10 Å². The van der Waals surface area contributed by atoms with Crippen LogP contribution in [0, 0.1) is 11.7 Å². The maximum Gasteiger partial charge on any atom is 0.243 e. The van der Waals surface area contributed by atoms with Crippen LogP contribution in [0.15, 0.2) is 79.0 Å². The highest BCUT2D eigenvalue weighted by molar-refractivity contribution is 7.94. The highest BCUT2D eigenvalue weighted by Gasteiger charge is 2.60. The Kier molecular flexibility index (Phi) is 5.38. The predicted molar refractivity (Wildman–Crippen MR) is 140 cm³/mol. The van der Waals surface area contributed by atoms with Crippen LogP contribution >= 0.6 is 0 Å². The van der Waals surface area contributed by atoms with E-state index in [2.05, 4.69) is 10.4 Å². The molecule has 1 aromatic heterocycles. The molecule has 3 aromatic carbocycles. The van der Waals surface area contributed by atoms with Gasteiger partial charge in [0.25, 0.3) is 0 Å². The van der Waals surface area contributed by atoms with Crippen molar-refractivity contribution in [2.75, 3.05) is 4.31 Å². The number of hydrogen-bond acceptors (Lipinski definition) is 4.